The van der Waals surface area contributed by atoms with Gasteiger partial charge in [0.2, 0.25) is 5.91 Å². The van der Waals surface area contributed by atoms with E-state index in [1.54, 1.807) is 0 Å². The molecule has 0 bridgehead atoms. The van der Waals surface area contributed by atoms with Gasteiger partial charge in [-0.2, -0.15) is 10.5 Å². The second kappa shape index (κ2) is 7.78. The van der Waals surface area contributed by atoms with Crippen molar-refractivity contribution in [2.45, 2.75) is 26.3 Å². The van der Waals surface area contributed by atoms with Crippen LogP contribution in [-0.4, -0.2) is 36.5 Å². The van der Waals surface area contributed by atoms with Crippen molar-refractivity contribution in [1.29, 1.82) is 10.5 Å². The Morgan fingerprint density at radius 3 is 2.27 bits per heavy atom. The lowest BCUT2D eigenvalue weighted by atomic mass is 10.3. The van der Waals surface area contributed by atoms with Crippen molar-refractivity contribution >= 4 is 5.91 Å². The van der Waals surface area contributed by atoms with Gasteiger partial charge in [0.15, 0.2) is 0 Å². The lowest BCUT2D eigenvalue weighted by Crippen LogP contribution is -2.35. The van der Waals surface area contributed by atoms with Crippen LogP contribution in [0.5, 0.6) is 0 Å². The normalized spacial score (nSPS) is 9.40. The molecule has 0 radical (unpaired) electrons. The highest BCUT2D eigenvalue weighted by atomic mass is 16.2. The Bertz CT molecular complexity index is 258. The summed E-state index contributed by atoms with van der Waals surface area (Å²) >= 11 is 0. The summed E-state index contributed by atoms with van der Waals surface area (Å²) in [6, 6.07) is 4.06. The molecule has 5 heteroatoms. The van der Waals surface area contributed by atoms with Crippen LogP contribution in [-0.2, 0) is 4.79 Å². The lowest BCUT2D eigenvalue weighted by Gasteiger charge is -2.16. The standard InChI is InChI=1S/C10H16N4O/c1-9(2)13-6-3-10(15)14(7-4-11)8-5-12/h9,13H,3,6-8H2,1-2H3. The van der Waals surface area contributed by atoms with Crippen molar-refractivity contribution in [3.8, 4) is 12.1 Å². The summed E-state index contributed by atoms with van der Waals surface area (Å²) in [5, 5.41) is 20.0. The largest absolute Gasteiger partial charge is 0.316 e. The Morgan fingerprint density at radius 2 is 1.87 bits per heavy atom. The second-order valence-corrected chi connectivity index (χ2v) is 3.42. The predicted octanol–water partition coefficient (Wildman–Crippen LogP) is 0.250. The first-order chi connectivity index (χ1) is 7.11. The summed E-state index contributed by atoms with van der Waals surface area (Å²) in [5.41, 5.74) is 0. The van der Waals surface area contributed by atoms with Crippen LogP contribution in [0.2, 0.25) is 0 Å². The molecule has 0 fully saturated rings. The number of rotatable bonds is 6. The molecule has 0 aromatic carbocycles. The van der Waals surface area contributed by atoms with Crippen LogP contribution in [0, 0.1) is 22.7 Å². The molecule has 0 atom stereocenters. The topological polar surface area (TPSA) is 79.9 Å². The van der Waals surface area contributed by atoms with E-state index in [9.17, 15) is 4.79 Å². The van der Waals surface area contributed by atoms with E-state index in [0.29, 0.717) is 19.0 Å². The molecule has 0 aliphatic carbocycles. The molecular formula is C10H16N4O. The van der Waals surface area contributed by atoms with E-state index < -0.39 is 0 Å². The van der Waals surface area contributed by atoms with E-state index in [1.165, 1.54) is 4.90 Å². The predicted molar refractivity (Wildman–Crippen MR) is 55.6 cm³/mol. The van der Waals surface area contributed by atoms with Gasteiger partial charge < -0.3 is 10.2 Å². The van der Waals surface area contributed by atoms with Crippen LogP contribution >= 0.6 is 0 Å². The van der Waals surface area contributed by atoms with Gasteiger partial charge in [-0.15, -0.1) is 0 Å². The van der Waals surface area contributed by atoms with E-state index in [0.717, 1.165) is 0 Å². The number of carbonyl (C=O) groups excluding carboxylic acids is 1. The molecule has 0 aliphatic rings. The van der Waals surface area contributed by atoms with E-state index in [1.807, 2.05) is 26.0 Å². The quantitative estimate of drug-likeness (QED) is 0.634. The zero-order valence-electron chi connectivity index (χ0n) is 9.16. The molecule has 0 aromatic heterocycles. The lowest BCUT2D eigenvalue weighted by molar-refractivity contribution is -0.129. The van der Waals surface area contributed by atoms with Gasteiger partial charge in [0.05, 0.1) is 12.1 Å². The van der Waals surface area contributed by atoms with E-state index in [4.69, 9.17) is 10.5 Å². The van der Waals surface area contributed by atoms with Crippen LogP contribution in [0.4, 0.5) is 0 Å². The Hall–Kier alpha value is -1.59. The zero-order valence-corrected chi connectivity index (χ0v) is 9.16. The molecule has 0 aromatic rings. The summed E-state index contributed by atoms with van der Waals surface area (Å²) in [6.45, 7) is 4.52. The van der Waals surface area contributed by atoms with Gasteiger partial charge >= 0.3 is 0 Å². The summed E-state index contributed by atoms with van der Waals surface area (Å²) in [7, 11) is 0. The fraction of sp³-hybridized carbons (Fsp3) is 0.700. The van der Waals surface area contributed by atoms with Gasteiger partial charge in [-0.05, 0) is 0 Å². The fourth-order valence-electron chi connectivity index (χ4n) is 1.03. The summed E-state index contributed by atoms with van der Waals surface area (Å²) in [6.07, 6.45) is 0.321. The Kier molecular flexibility index (Phi) is 6.96. The van der Waals surface area contributed by atoms with Gasteiger partial charge in [-0.25, -0.2) is 0 Å². The van der Waals surface area contributed by atoms with Gasteiger partial charge in [0.1, 0.15) is 13.1 Å². The number of hydrogen-bond acceptors (Lipinski definition) is 4. The molecule has 1 N–H and O–H groups in total. The molecule has 0 aliphatic heterocycles. The highest BCUT2D eigenvalue weighted by molar-refractivity contribution is 5.76. The molecule has 15 heavy (non-hydrogen) atoms. The molecule has 0 rings (SSSR count). The van der Waals surface area contributed by atoms with Crippen molar-refractivity contribution in [1.82, 2.24) is 10.2 Å². The molecule has 0 unspecified atom stereocenters. The van der Waals surface area contributed by atoms with Gasteiger partial charge in [0.25, 0.3) is 0 Å². The van der Waals surface area contributed by atoms with Crippen LogP contribution in [0.15, 0.2) is 0 Å². The highest BCUT2D eigenvalue weighted by Gasteiger charge is 2.11. The first kappa shape index (κ1) is 13.4. The maximum absolute atomic E-state index is 11.5. The van der Waals surface area contributed by atoms with Crippen molar-refractivity contribution in [3.05, 3.63) is 0 Å². The van der Waals surface area contributed by atoms with Crippen LogP contribution in [0.1, 0.15) is 20.3 Å². The van der Waals surface area contributed by atoms with Crippen LogP contribution in [0.3, 0.4) is 0 Å². The molecular weight excluding hydrogens is 192 g/mol. The zero-order chi connectivity index (χ0) is 11.7. The minimum absolute atomic E-state index is 0.0198. The van der Waals surface area contributed by atoms with Crippen LogP contribution < -0.4 is 5.32 Å². The van der Waals surface area contributed by atoms with Gasteiger partial charge in [-0.1, -0.05) is 13.8 Å². The first-order valence-corrected chi connectivity index (χ1v) is 4.86. The summed E-state index contributed by atoms with van der Waals surface area (Å²) in [4.78, 5) is 12.7. The maximum atomic E-state index is 11.5. The highest BCUT2D eigenvalue weighted by Crippen LogP contribution is 1.93. The molecule has 0 heterocycles. The number of nitrogens with zero attached hydrogens (tertiary/aromatic N) is 3. The van der Waals surface area contributed by atoms with Gasteiger partial charge in [0, 0.05) is 19.0 Å². The molecule has 82 valence electrons. The van der Waals surface area contributed by atoms with E-state index >= 15 is 0 Å². The molecule has 0 saturated carbocycles. The van der Waals surface area contributed by atoms with E-state index in [2.05, 4.69) is 5.32 Å². The van der Waals surface area contributed by atoms with E-state index in [-0.39, 0.29) is 19.0 Å². The molecule has 1 amide bonds. The average Bonchev–Trinajstić information content (AvgIpc) is 2.16. The first-order valence-electron chi connectivity index (χ1n) is 4.86. The average molecular weight is 208 g/mol. The van der Waals surface area contributed by atoms with Crippen molar-refractivity contribution in [3.63, 3.8) is 0 Å². The third-order valence-electron chi connectivity index (χ3n) is 1.77. The fourth-order valence-corrected chi connectivity index (χ4v) is 1.03. The number of amides is 1. The summed E-state index contributed by atoms with van der Waals surface area (Å²) < 4.78 is 0. The smallest absolute Gasteiger partial charge is 0.225 e. The van der Waals surface area contributed by atoms with Crippen molar-refractivity contribution in [2.75, 3.05) is 19.6 Å². The van der Waals surface area contributed by atoms with Gasteiger partial charge in [-0.3, -0.25) is 4.79 Å². The minimum atomic E-state index is -0.161. The number of nitrogens with one attached hydrogen (secondary N) is 1. The maximum Gasteiger partial charge on any atom is 0.225 e. The number of nitriles is 2. The minimum Gasteiger partial charge on any atom is -0.316 e. The van der Waals surface area contributed by atoms with Crippen molar-refractivity contribution in [2.24, 2.45) is 0 Å². The Labute approximate surface area is 90.3 Å². The Morgan fingerprint density at radius 1 is 1.33 bits per heavy atom. The molecule has 0 saturated heterocycles. The molecule has 5 nitrogen and oxygen atoms in total. The van der Waals surface area contributed by atoms with Crippen molar-refractivity contribution < 1.29 is 4.79 Å². The monoisotopic (exact) mass is 208 g/mol. The summed E-state index contributed by atoms with van der Waals surface area (Å²) in [5.74, 6) is -0.161. The second-order valence-electron chi connectivity index (χ2n) is 3.42. The van der Waals surface area contributed by atoms with Crippen LogP contribution in [0.25, 0.3) is 0 Å². The number of carbonyl (C=O) groups is 1. The third kappa shape index (κ3) is 6.48. The SMILES string of the molecule is CC(C)NCCC(=O)N(CC#N)CC#N. The number of hydrogen-bond donors (Lipinski definition) is 1. The third-order valence-corrected chi connectivity index (χ3v) is 1.77. The Balaban J connectivity index is 3.94. The molecule has 0 spiro atoms.